The monoisotopic (exact) mass is 302 g/mol. The van der Waals surface area contributed by atoms with Gasteiger partial charge in [0.05, 0.1) is 5.69 Å². The fraction of sp³-hybridized carbons (Fsp3) is 0.222. The van der Waals surface area contributed by atoms with E-state index in [-0.39, 0.29) is 6.04 Å². The van der Waals surface area contributed by atoms with Gasteiger partial charge in [0, 0.05) is 13.1 Å². The van der Waals surface area contributed by atoms with Crippen molar-refractivity contribution in [2.45, 2.75) is 19.9 Å². The molecule has 2 rings (SSSR count). The number of aryl methyl sites for hydroxylation is 1. The van der Waals surface area contributed by atoms with E-state index in [0.717, 1.165) is 22.9 Å². The number of nitrogens with zero attached hydrogens (tertiary/aromatic N) is 1. The molecule has 0 aliphatic heterocycles. The van der Waals surface area contributed by atoms with Gasteiger partial charge in [0.15, 0.2) is 11.6 Å². The number of benzene rings is 2. The lowest BCUT2D eigenvalue weighted by Crippen LogP contribution is -2.33. The molecule has 2 aromatic rings. The number of likely N-dealkylation sites (N-methyl/N-ethyl adjacent to an activating group) is 1. The topological polar surface area (TPSA) is 15.3 Å². The van der Waals surface area contributed by atoms with Gasteiger partial charge in [-0.25, -0.2) is 13.8 Å². The molecule has 0 bridgehead atoms. The Bertz CT molecular complexity index is 683. The third kappa shape index (κ3) is 3.52. The van der Waals surface area contributed by atoms with Gasteiger partial charge >= 0.3 is 0 Å². The minimum atomic E-state index is -0.843. The lowest BCUT2D eigenvalue weighted by atomic mass is 10.0. The van der Waals surface area contributed by atoms with Crippen molar-refractivity contribution in [2.75, 3.05) is 12.5 Å². The van der Waals surface area contributed by atoms with Gasteiger partial charge in [-0.2, -0.15) is 0 Å². The Hall–Kier alpha value is -2.20. The highest BCUT2D eigenvalue weighted by molar-refractivity contribution is 5.69. The average molecular weight is 302 g/mol. The molecule has 0 fully saturated rings. The van der Waals surface area contributed by atoms with E-state index in [1.54, 1.807) is 6.07 Å². The summed E-state index contributed by atoms with van der Waals surface area (Å²) in [6, 6.07) is 9.85. The molecule has 0 aliphatic rings. The normalized spacial score (nSPS) is 12.3. The van der Waals surface area contributed by atoms with Crippen molar-refractivity contribution in [2.24, 2.45) is 0 Å². The van der Waals surface area contributed by atoms with Crippen LogP contribution >= 0.6 is 0 Å². The Morgan fingerprint density at radius 3 is 2.36 bits per heavy atom. The zero-order valence-electron chi connectivity index (χ0n) is 13.0. The van der Waals surface area contributed by atoms with E-state index >= 15 is 0 Å². The first-order valence-corrected chi connectivity index (χ1v) is 7.10. The van der Waals surface area contributed by atoms with E-state index in [9.17, 15) is 8.78 Å². The number of nitrogens with one attached hydrogen (secondary N) is 1. The first kappa shape index (κ1) is 16.2. The van der Waals surface area contributed by atoms with Crippen LogP contribution in [0.25, 0.3) is 11.1 Å². The predicted molar refractivity (Wildman–Crippen MR) is 87.6 cm³/mol. The first-order chi connectivity index (χ1) is 10.4. The Kier molecular flexibility index (Phi) is 4.93. The van der Waals surface area contributed by atoms with E-state index in [4.69, 9.17) is 0 Å². The summed E-state index contributed by atoms with van der Waals surface area (Å²) >= 11 is 0. The van der Waals surface area contributed by atoms with Crippen molar-refractivity contribution in [1.29, 1.82) is 0 Å². The maximum absolute atomic E-state index is 13.4. The van der Waals surface area contributed by atoms with Crippen molar-refractivity contribution in [1.82, 2.24) is 5.01 Å². The number of hydrogen-bond acceptors (Lipinski definition) is 2. The van der Waals surface area contributed by atoms with Gasteiger partial charge in [0.2, 0.25) is 0 Å². The quantitative estimate of drug-likeness (QED) is 0.632. The van der Waals surface area contributed by atoms with Crippen LogP contribution in [0.4, 0.5) is 14.5 Å². The number of hydrogen-bond donors (Lipinski definition) is 1. The SMILES string of the molecule is C=CC(C)N(C)Nc1cc(-c2ccc(F)c(F)c2)ccc1C. The van der Waals surface area contributed by atoms with Crippen LogP contribution in [0.5, 0.6) is 0 Å². The molecular weight excluding hydrogens is 282 g/mol. The summed E-state index contributed by atoms with van der Waals surface area (Å²) in [5.74, 6) is -1.68. The van der Waals surface area contributed by atoms with Gasteiger partial charge in [-0.1, -0.05) is 24.3 Å². The maximum atomic E-state index is 13.4. The highest BCUT2D eigenvalue weighted by atomic mass is 19.2. The van der Waals surface area contributed by atoms with Gasteiger partial charge in [0.1, 0.15) is 0 Å². The Morgan fingerprint density at radius 2 is 1.73 bits per heavy atom. The minimum absolute atomic E-state index is 0.159. The van der Waals surface area contributed by atoms with Crippen LogP contribution in [0.3, 0.4) is 0 Å². The van der Waals surface area contributed by atoms with Gasteiger partial charge in [0.25, 0.3) is 0 Å². The Balaban J connectivity index is 2.33. The first-order valence-electron chi connectivity index (χ1n) is 7.10. The molecule has 4 heteroatoms. The molecule has 0 heterocycles. The van der Waals surface area contributed by atoms with Crippen LogP contribution in [0, 0.1) is 18.6 Å². The van der Waals surface area contributed by atoms with Crippen molar-refractivity contribution >= 4 is 5.69 Å². The number of rotatable bonds is 5. The molecule has 116 valence electrons. The second-order valence-corrected chi connectivity index (χ2v) is 5.36. The van der Waals surface area contributed by atoms with E-state index < -0.39 is 11.6 Å². The van der Waals surface area contributed by atoms with Crippen molar-refractivity contribution in [3.8, 4) is 11.1 Å². The van der Waals surface area contributed by atoms with Crippen LogP contribution in [0.2, 0.25) is 0 Å². The van der Waals surface area contributed by atoms with Gasteiger partial charge in [-0.15, -0.1) is 6.58 Å². The summed E-state index contributed by atoms with van der Waals surface area (Å²) in [4.78, 5) is 0. The van der Waals surface area contributed by atoms with E-state index in [0.29, 0.717) is 5.56 Å². The van der Waals surface area contributed by atoms with E-state index in [2.05, 4.69) is 12.0 Å². The summed E-state index contributed by atoms with van der Waals surface area (Å²) in [6.45, 7) is 7.78. The molecule has 0 saturated carbocycles. The van der Waals surface area contributed by atoms with Crippen molar-refractivity contribution < 1.29 is 8.78 Å². The molecule has 22 heavy (non-hydrogen) atoms. The zero-order chi connectivity index (χ0) is 16.3. The second-order valence-electron chi connectivity index (χ2n) is 5.36. The lowest BCUT2D eigenvalue weighted by Gasteiger charge is -2.25. The van der Waals surface area contributed by atoms with Gasteiger partial charge in [-0.3, -0.25) is 0 Å². The fourth-order valence-corrected chi connectivity index (χ4v) is 2.05. The maximum Gasteiger partial charge on any atom is 0.159 e. The van der Waals surface area contributed by atoms with Crippen LogP contribution in [0.15, 0.2) is 49.1 Å². The molecule has 0 spiro atoms. The minimum Gasteiger partial charge on any atom is -0.318 e. The summed E-state index contributed by atoms with van der Waals surface area (Å²) < 4.78 is 26.5. The number of hydrazine groups is 1. The highest BCUT2D eigenvalue weighted by Crippen LogP contribution is 2.27. The highest BCUT2D eigenvalue weighted by Gasteiger charge is 2.09. The largest absolute Gasteiger partial charge is 0.318 e. The lowest BCUT2D eigenvalue weighted by molar-refractivity contribution is 0.358. The molecule has 0 saturated heterocycles. The molecule has 2 nitrogen and oxygen atoms in total. The summed E-state index contributed by atoms with van der Waals surface area (Å²) in [5, 5.41) is 1.93. The Labute approximate surface area is 130 Å². The Morgan fingerprint density at radius 1 is 1.09 bits per heavy atom. The van der Waals surface area contributed by atoms with E-state index in [1.807, 2.05) is 50.2 Å². The molecule has 1 atom stereocenters. The second kappa shape index (κ2) is 6.71. The molecule has 0 radical (unpaired) electrons. The van der Waals surface area contributed by atoms with Crippen LogP contribution in [-0.2, 0) is 0 Å². The third-order valence-corrected chi connectivity index (χ3v) is 3.74. The van der Waals surface area contributed by atoms with Crippen LogP contribution in [-0.4, -0.2) is 18.1 Å². The summed E-state index contributed by atoms with van der Waals surface area (Å²) in [7, 11) is 1.93. The third-order valence-electron chi connectivity index (χ3n) is 3.74. The summed E-state index contributed by atoms with van der Waals surface area (Å²) in [5.41, 5.74) is 6.74. The van der Waals surface area contributed by atoms with Crippen LogP contribution in [0.1, 0.15) is 12.5 Å². The zero-order valence-corrected chi connectivity index (χ0v) is 13.0. The molecule has 0 amide bonds. The molecule has 1 unspecified atom stereocenters. The predicted octanol–water partition coefficient (Wildman–Crippen LogP) is 4.77. The van der Waals surface area contributed by atoms with E-state index in [1.165, 1.54) is 6.07 Å². The molecular formula is C18H20F2N2. The molecule has 2 aromatic carbocycles. The smallest absolute Gasteiger partial charge is 0.159 e. The molecule has 1 N–H and O–H groups in total. The van der Waals surface area contributed by atoms with Gasteiger partial charge < -0.3 is 5.43 Å². The molecule has 0 aliphatic carbocycles. The van der Waals surface area contributed by atoms with Crippen LogP contribution < -0.4 is 5.43 Å². The number of halogens is 2. The number of anilines is 1. The standard InChI is InChI=1S/C18H20F2N2/c1-5-13(3)22(4)21-18-11-15(7-6-12(18)2)14-8-9-16(19)17(20)10-14/h5-11,13,21H,1H2,2-4H3. The summed E-state index contributed by atoms with van der Waals surface area (Å²) in [6.07, 6.45) is 1.83. The molecule has 0 aromatic heterocycles. The van der Waals surface area contributed by atoms with Crippen molar-refractivity contribution in [3.63, 3.8) is 0 Å². The average Bonchev–Trinajstić information content (AvgIpc) is 2.51. The van der Waals surface area contributed by atoms with Crippen molar-refractivity contribution in [3.05, 3.63) is 66.3 Å². The van der Waals surface area contributed by atoms with Gasteiger partial charge in [-0.05, 0) is 48.7 Å². The fourth-order valence-electron chi connectivity index (χ4n) is 2.05.